The van der Waals surface area contributed by atoms with Gasteiger partial charge in [-0.1, -0.05) is 18.2 Å². The van der Waals surface area contributed by atoms with Crippen LogP contribution in [-0.2, 0) is 23.4 Å². The predicted molar refractivity (Wildman–Crippen MR) is 141 cm³/mol. The molecular weight excluding hydrogens is 548 g/mol. The van der Waals surface area contributed by atoms with Crippen molar-refractivity contribution >= 4 is 36.6 Å². The number of hydrogen-bond donors (Lipinski definition) is 4. The molecule has 1 unspecified atom stereocenters. The first-order valence-corrected chi connectivity index (χ1v) is 14.1. The molecular formula is C24H31FN7O7P. The van der Waals surface area contributed by atoms with Crippen LogP contribution in [0.2, 0.25) is 0 Å². The summed E-state index contributed by atoms with van der Waals surface area (Å²) in [6.45, 7) is 5.89. The summed E-state index contributed by atoms with van der Waals surface area (Å²) in [7, 11) is -2.78. The van der Waals surface area contributed by atoms with Crippen molar-refractivity contribution in [3.05, 3.63) is 36.7 Å². The number of nitrogens with one attached hydrogen (secondary N) is 2. The highest BCUT2D eigenvalue weighted by molar-refractivity contribution is 7.52. The van der Waals surface area contributed by atoms with Gasteiger partial charge < -0.3 is 30.2 Å². The van der Waals surface area contributed by atoms with Crippen LogP contribution in [0.4, 0.5) is 16.2 Å². The van der Waals surface area contributed by atoms with Crippen molar-refractivity contribution < 1.29 is 37.4 Å². The Morgan fingerprint density at radius 2 is 1.98 bits per heavy atom. The molecule has 1 aliphatic carbocycles. The number of anilines is 2. The summed E-state index contributed by atoms with van der Waals surface area (Å²) in [6, 6.07) is 6.95. The molecule has 14 nitrogen and oxygen atoms in total. The zero-order valence-electron chi connectivity index (χ0n) is 22.4. The Balaban J connectivity index is 1.40. The summed E-state index contributed by atoms with van der Waals surface area (Å²) >= 11 is 0. The number of esters is 1. The van der Waals surface area contributed by atoms with Crippen LogP contribution in [-0.4, -0.2) is 73.3 Å². The van der Waals surface area contributed by atoms with Gasteiger partial charge in [-0.05, 0) is 39.8 Å². The van der Waals surface area contributed by atoms with Crippen LogP contribution in [0.3, 0.4) is 0 Å². The van der Waals surface area contributed by atoms with E-state index in [0.29, 0.717) is 11.3 Å². The van der Waals surface area contributed by atoms with E-state index in [1.54, 1.807) is 39.1 Å². The van der Waals surface area contributed by atoms with Gasteiger partial charge in [-0.3, -0.25) is 13.9 Å². The molecule has 5 N–H and O–H groups in total. The minimum Gasteiger partial charge on any atom is -0.462 e. The van der Waals surface area contributed by atoms with E-state index in [9.17, 15) is 14.5 Å². The molecule has 40 heavy (non-hydrogen) atoms. The van der Waals surface area contributed by atoms with Gasteiger partial charge in [0, 0.05) is 7.05 Å². The number of alkyl halides is 1. The Kier molecular flexibility index (Phi) is 6.99. The molecule has 2 fully saturated rings. The Labute approximate surface area is 229 Å². The number of halogens is 1. The molecule has 3 aromatic rings. The van der Waals surface area contributed by atoms with Crippen LogP contribution >= 0.6 is 7.75 Å². The lowest BCUT2D eigenvalue weighted by molar-refractivity contribution is -0.149. The number of rotatable bonds is 10. The van der Waals surface area contributed by atoms with Gasteiger partial charge in [-0.2, -0.15) is 15.1 Å². The second-order valence-corrected chi connectivity index (χ2v) is 11.7. The number of hydrogen-bond acceptors (Lipinski definition) is 12. The van der Waals surface area contributed by atoms with Crippen molar-refractivity contribution in [3.8, 4) is 5.75 Å². The van der Waals surface area contributed by atoms with Crippen LogP contribution in [0.15, 0.2) is 36.7 Å². The molecule has 7 atom stereocenters. The number of ether oxygens (including phenoxy) is 2. The number of imidazole rings is 1. The molecule has 3 heterocycles. The van der Waals surface area contributed by atoms with Crippen molar-refractivity contribution in [2.24, 2.45) is 0 Å². The van der Waals surface area contributed by atoms with Crippen LogP contribution in [0.25, 0.3) is 11.2 Å². The first-order valence-electron chi connectivity index (χ1n) is 12.6. The number of nitrogens with two attached hydrogens (primary N) is 1. The Morgan fingerprint density at radius 3 is 2.58 bits per heavy atom. The van der Waals surface area contributed by atoms with Gasteiger partial charge in [-0.25, -0.2) is 13.9 Å². The van der Waals surface area contributed by atoms with E-state index in [1.165, 1.54) is 30.0 Å². The number of aromatic nitrogens is 4. The molecule has 1 aliphatic heterocycles. The zero-order chi connectivity index (χ0) is 29.0. The molecule has 1 aromatic carbocycles. The summed E-state index contributed by atoms with van der Waals surface area (Å²) in [5, 5.41) is 16.8. The van der Waals surface area contributed by atoms with E-state index >= 15 is 4.39 Å². The van der Waals surface area contributed by atoms with Crippen molar-refractivity contribution in [2.45, 2.75) is 69.5 Å². The number of fused-ring (bicyclic) bond motifs is 2. The second-order valence-electron chi connectivity index (χ2n) is 10.1. The number of para-hydroxylation sites is 1. The second kappa shape index (κ2) is 9.93. The fourth-order valence-corrected chi connectivity index (χ4v) is 6.43. The number of nitrogens with zero attached hydrogens (tertiary/aromatic N) is 4. The predicted octanol–water partition coefficient (Wildman–Crippen LogP) is 2.32. The zero-order valence-corrected chi connectivity index (χ0v) is 23.3. The van der Waals surface area contributed by atoms with E-state index in [-0.39, 0.29) is 17.3 Å². The number of benzene rings is 1. The van der Waals surface area contributed by atoms with E-state index in [2.05, 4.69) is 25.4 Å². The van der Waals surface area contributed by atoms with Crippen molar-refractivity contribution in [3.63, 3.8) is 0 Å². The minimum atomic E-state index is -4.40. The Bertz CT molecular complexity index is 1470. The van der Waals surface area contributed by atoms with Gasteiger partial charge in [-0.15, -0.1) is 0 Å². The fourth-order valence-electron chi connectivity index (χ4n) is 4.72. The lowest BCUT2D eigenvalue weighted by Crippen LogP contribution is -2.45. The third-order valence-electron chi connectivity index (χ3n) is 6.76. The molecule has 0 bridgehead atoms. The van der Waals surface area contributed by atoms with Gasteiger partial charge in [0.05, 0.1) is 12.4 Å². The standard InChI is InChI=1S/C24H31FN7O7P/c1-12(2)36-20(33)13(3)31-40(35,38-14-9-7-6-8-10-14)39-17-16-24(17,34)23(4,25)21(37-16)32-11-28-15-18(27-5)29-22(26)30-19(15)32/h6-13,16-17,21,34H,1-5H3,(H,31,35)(H3,26,27,29,30)/t13-,16+,17?,21+,23-,24-,40+/m0/s1. The number of carbonyl (C=O) groups excluding carboxylic acids is 1. The van der Waals surface area contributed by atoms with Gasteiger partial charge in [0.2, 0.25) is 5.95 Å². The van der Waals surface area contributed by atoms with Crippen molar-refractivity contribution in [1.29, 1.82) is 0 Å². The van der Waals surface area contributed by atoms with Gasteiger partial charge >= 0.3 is 13.7 Å². The highest BCUT2D eigenvalue weighted by Gasteiger charge is 2.85. The average molecular weight is 580 g/mol. The highest BCUT2D eigenvalue weighted by atomic mass is 31.2. The van der Waals surface area contributed by atoms with Gasteiger partial charge in [0.1, 0.15) is 24.0 Å². The molecule has 5 rings (SSSR count). The molecule has 1 saturated carbocycles. The summed E-state index contributed by atoms with van der Waals surface area (Å²) in [4.78, 5) is 24.9. The first kappa shape index (κ1) is 28.2. The molecule has 0 amide bonds. The van der Waals surface area contributed by atoms with Gasteiger partial charge in [0.25, 0.3) is 0 Å². The molecule has 0 spiro atoms. The maximum atomic E-state index is 16.4. The molecule has 216 valence electrons. The maximum absolute atomic E-state index is 16.4. The summed E-state index contributed by atoms with van der Waals surface area (Å²) in [6.07, 6.45) is -3.14. The SMILES string of the molecule is CNc1nc(N)nc2c1ncn2[C@@H]1O[C@@H]2C(O[P@@](=O)(N[C@@H](C)C(=O)OC(C)C)Oc3ccccc3)[C@]2(O)[C@@]1(C)F. The Morgan fingerprint density at radius 1 is 1.27 bits per heavy atom. The molecule has 2 aliphatic rings. The summed E-state index contributed by atoms with van der Waals surface area (Å²) in [5.41, 5.74) is 1.61. The molecule has 2 aromatic heterocycles. The topological polar surface area (TPSA) is 185 Å². The van der Waals surface area contributed by atoms with E-state index < -0.39 is 55.6 Å². The van der Waals surface area contributed by atoms with E-state index in [4.69, 9.17) is 24.3 Å². The average Bonchev–Trinajstić information content (AvgIpc) is 3.14. The van der Waals surface area contributed by atoms with Crippen molar-refractivity contribution in [1.82, 2.24) is 24.6 Å². The molecule has 16 heteroatoms. The highest BCUT2D eigenvalue weighted by Crippen LogP contribution is 2.66. The molecule has 0 radical (unpaired) electrons. The number of carbonyl (C=O) groups is 1. The number of nitrogen functional groups attached to an aromatic ring is 1. The van der Waals surface area contributed by atoms with Crippen molar-refractivity contribution in [2.75, 3.05) is 18.1 Å². The van der Waals surface area contributed by atoms with Crippen LogP contribution in [0.1, 0.15) is 33.9 Å². The third kappa shape index (κ3) is 4.67. The first-order chi connectivity index (χ1) is 18.8. The number of aliphatic hydroxyl groups is 1. The maximum Gasteiger partial charge on any atom is 0.459 e. The van der Waals surface area contributed by atoms with Crippen LogP contribution in [0.5, 0.6) is 5.75 Å². The Hall–Kier alpha value is -3.36. The quantitative estimate of drug-likeness (QED) is 0.203. The minimum absolute atomic E-state index is 0.0718. The van der Waals surface area contributed by atoms with Gasteiger partial charge in [0.15, 0.2) is 34.5 Å². The van der Waals surface area contributed by atoms with Crippen LogP contribution in [0, 0.1) is 0 Å². The fraction of sp³-hybridized carbons (Fsp3) is 0.500. The monoisotopic (exact) mass is 579 g/mol. The summed E-state index contributed by atoms with van der Waals surface area (Å²) < 4.78 is 54.0. The largest absolute Gasteiger partial charge is 0.462 e. The smallest absolute Gasteiger partial charge is 0.459 e. The normalized spacial score (nSPS) is 29.6. The van der Waals surface area contributed by atoms with E-state index in [1.807, 2.05) is 0 Å². The third-order valence-corrected chi connectivity index (χ3v) is 8.42. The lowest BCUT2D eigenvalue weighted by atomic mass is 9.97. The lowest BCUT2D eigenvalue weighted by Gasteiger charge is -2.31. The molecule has 1 saturated heterocycles. The van der Waals surface area contributed by atoms with E-state index in [0.717, 1.165) is 6.92 Å². The van der Waals surface area contributed by atoms with Crippen LogP contribution < -0.4 is 20.7 Å². The summed E-state index contributed by atoms with van der Waals surface area (Å²) in [5.74, 6) is -0.284.